The lowest BCUT2D eigenvalue weighted by molar-refractivity contribution is -0.117. The summed E-state index contributed by atoms with van der Waals surface area (Å²) in [5.41, 5.74) is -0.0374. The molecule has 1 heterocycles. The molecule has 0 aliphatic heterocycles. The Kier molecular flexibility index (Phi) is 6.42. The quantitative estimate of drug-likeness (QED) is 0.873. The highest BCUT2D eigenvalue weighted by Gasteiger charge is 2.20. The molecule has 0 spiro atoms. The molecule has 1 rings (SSSR count). The lowest BCUT2D eigenvalue weighted by atomic mass is 9.98. The Morgan fingerprint density at radius 1 is 1.45 bits per heavy atom. The molecular weight excluding hydrogens is 292 g/mol. The predicted molar refractivity (Wildman–Crippen MR) is 87.7 cm³/mol. The fourth-order valence-corrected chi connectivity index (χ4v) is 3.04. The summed E-state index contributed by atoms with van der Waals surface area (Å²) in [5.74, 6) is 0.966. The first-order chi connectivity index (χ1) is 9.24. The van der Waals surface area contributed by atoms with Crippen LogP contribution in [0.2, 0.25) is 0 Å². The summed E-state index contributed by atoms with van der Waals surface area (Å²) in [6.07, 6.45) is 2.07. The Morgan fingerprint density at radius 3 is 2.60 bits per heavy atom. The van der Waals surface area contributed by atoms with Gasteiger partial charge >= 0.3 is 0 Å². The van der Waals surface area contributed by atoms with Gasteiger partial charge in [0.2, 0.25) is 11.0 Å². The zero-order valence-electron chi connectivity index (χ0n) is 13.1. The molecule has 0 saturated carbocycles. The largest absolute Gasteiger partial charge is 0.299 e. The Labute approximate surface area is 129 Å². The van der Waals surface area contributed by atoms with Crippen LogP contribution in [-0.4, -0.2) is 52.6 Å². The standard InChI is InChI=1S/C13H24N4OS2/c1-9(8-19-6)17(5)7-10(18)14-12-16-15-11(20-12)13(2,3)4/h9H,7-8H2,1-6H3,(H,14,16,18)/t9-/m0/s1. The fraction of sp³-hybridized carbons (Fsp3) is 0.769. The van der Waals surface area contributed by atoms with Gasteiger partial charge in [0.25, 0.3) is 0 Å². The monoisotopic (exact) mass is 316 g/mol. The summed E-state index contributed by atoms with van der Waals surface area (Å²) in [7, 11) is 1.96. The van der Waals surface area contributed by atoms with Crippen LogP contribution in [0.1, 0.15) is 32.7 Å². The lowest BCUT2D eigenvalue weighted by Crippen LogP contribution is -2.37. The molecule has 0 aromatic carbocycles. The van der Waals surface area contributed by atoms with Crippen molar-refractivity contribution in [2.45, 2.75) is 39.2 Å². The van der Waals surface area contributed by atoms with E-state index in [-0.39, 0.29) is 11.3 Å². The smallest absolute Gasteiger partial charge is 0.240 e. The molecule has 0 aliphatic carbocycles. The van der Waals surface area contributed by atoms with Crippen LogP contribution in [0.4, 0.5) is 5.13 Å². The van der Waals surface area contributed by atoms with E-state index in [9.17, 15) is 4.79 Å². The summed E-state index contributed by atoms with van der Waals surface area (Å²) < 4.78 is 0. The van der Waals surface area contributed by atoms with Gasteiger partial charge < -0.3 is 0 Å². The summed E-state index contributed by atoms with van der Waals surface area (Å²) in [4.78, 5) is 14.0. The van der Waals surface area contributed by atoms with Crippen molar-refractivity contribution < 1.29 is 4.79 Å². The number of thioether (sulfide) groups is 1. The number of carbonyl (C=O) groups excluding carboxylic acids is 1. The number of rotatable bonds is 6. The summed E-state index contributed by atoms with van der Waals surface area (Å²) in [5, 5.41) is 12.5. The Bertz CT molecular complexity index is 442. The van der Waals surface area contributed by atoms with E-state index in [0.29, 0.717) is 17.7 Å². The molecule has 0 unspecified atom stereocenters. The van der Waals surface area contributed by atoms with Crippen LogP contribution >= 0.6 is 23.1 Å². The zero-order valence-corrected chi connectivity index (χ0v) is 14.7. The molecule has 114 valence electrons. The molecule has 1 aromatic heterocycles. The molecule has 0 saturated heterocycles. The molecule has 0 aliphatic rings. The van der Waals surface area contributed by atoms with Gasteiger partial charge in [-0.2, -0.15) is 11.8 Å². The van der Waals surface area contributed by atoms with Gasteiger partial charge in [0, 0.05) is 17.2 Å². The van der Waals surface area contributed by atoms with E-state index < -0.39 is 0 Å². The summed E-state index contributed by atoms with van der Waals surface area (Å²) in [6, 6.07) is 0.371. The first kappa shape index (κ1) is 17.4. The first-order valence-corrected chi connectivity index (χ1v) is 8.78. The van der Waals surface area contributed by atoms with Gasteiger partial charge in [-0.3, -0.25) is 15.0 Å². The fourth-order valence-electron chi connectivity index (χ4n) is 1.49. The predicted octanol–water partition coefficient (Wildman–Crippen LogP) is 2.46. The Hall–Kier alpha value is -0.660. The van der Waals surface area contributed by atoms with E-state index in [0.717, 1.165) is 10.8 Å². The molecule has 1 aromatic rings. The maximum Gasteiger partial charge on any atom is 0.240 e. The van der Waals surface area contributed by atoms with Gasteiger partial charge in [-0.05, 0) is 20.2 Å². The van der Waals surface area contributed by atoms with E-state index in [1.807, 2.05) is 11.9 Å². The highest BCUT2D eigenvalue weighted by atomic mass is 32.2. The number of carbonyl (C=O) groups is 1. The van der Waals surface area contributed by atoms with E-state index in [4.69, 9.17) is 0 Å². The lowest BCUT2D eigenvalue weighted by Gasteiger charge is -2.22. The van der Waals surface area contributed by atoms with E-state index in [1.54, 1.807) is 11.8 Å². The molecular formula is C13H24N4OS2. The maximum atomic E-state index is 12.0. The number of hydrogen-bond donors (Lipinski definition) is 1. The second-order valence-electron chi connectivity index (χ2n) is 5.93. The molecule has 0 fully saturated rings. The molecule has 5 nitrogen and oxygen atoms in total. The van der Waals surface area contributed by atoms with Crippen LogP contribution in [0.3, 0.4) is 0 Å². The molecule has 7 heteroatoms. The number of anilines is 1. The second-order valence-corrected chi connectivity index (χ2v) is 7.82. The maximum absolute atomic E-state index is 12.0. The van der Waals surface area contributed by atoms with Gasteiger partial charge in [-0.1, -0.05) is 32.1 Å². The minimum atomic E-state index is -0.0444. The van der Waals surface area contributed by atoms with Gasteiger partial charge in [-0.25, -0.2) is 0 Å². The van der Waals surface area contributed by atoms with Gasteiger partial charge in [-0.15, -0.1) is 10.2 Å². The van der Waals surface area contributed by atoms with Crippen molar-refractivity contribution in [2.75, 3.05) is 30.9 Å². The van der Waals surface area contributed by atoms with Gasteiger partial charge in [0.05, 0.1) is 6.54 Å². The highest BCUT2D eigenvalue weighted by Crippen LogP contribution is 2.27. The SMILES string of the molecule is CSC[C@H](C)N(C)CC(=O)Nc1nnc(C(C)(C)C)s1. The normalized spacial score (nSPS) is 13.6. The number of aromatic nitrogens is 2. The average Bonchev–Trinajstić information content (AvgIpc) is 2.77. The van der Waals surface area contributed by atoms with Crippen LogP contribution in [-0.2, 0) is 10.2 Å². The first-order valence-electron chi connectivity index (χ1n) is 6.57. The number of hydrogen-bond acceptors (Lipinski definition) is 6. The summed E-state index contributed by atoms with van der Waals surface area (Å²) >= 11 is 3.22. The van der Waals surface area contributed by atoms with Crippen LogP contribution in [0.5, 0.6) is 0 Å². The van der Waals surface area contributed by atoms with Crippen LogP contribution in [0.25, 0.3) is 0 Å². The Balaban J connectivity index is 2.52. The number of amides is 1. The van der Waals surface area contributed by atoms with Crippen molar-refractivity contribution in [3.05, 3.63) is 5.01 Å². The van der Waals surface area contributed by atoms with Crippen molar-refractivity contribution in [1.29, 1.82) is 0 Å². The molecule has 1 amide bonds. The third kappa shape index (κ3) is 5.38. The van der Waals surface area contributed by atoms with Crippen LogP contribution < -0.4 is 5.32 Å². The van der Waals surface area contributed by atoms with Crippen molar-refractivity contribution in [1.82, 2.24) is 15.1 Å². The van der Waals surface area contributed by atoms with Crippen molar-refractivity contribution >= 4 is 34.1 Å². The Morgan fingerprint density at radius 2 is 2.10 bits per heavy atom. The molecule has 0 radical (unpaired) electrons. The average molecular weight is 316 g/mol. The highest BCUT2D eigenvalue weighted by molar-refractivity contribution is 7.98. The molecule has 0 bridgehead atoms. The zero-order chi connectivity index (χ0) is 15.3. The van der Waals surface area contributed by atoms with Gasteiger partial charge in [0.1, 0.15) is 5.01 Å². The number of nitrogens with one attached hydrogen (secondary N) is 1. The summed E-state index contributed by atoms with van der Waals surface area (Å²) in [6.45, 7) is 8.73. The van der Waals surface area contributed by atoms with Crippen molar-refractivity contribution in [3.8, 4) is 0 Å². The third-order valence-electron chi connectivity index (χ3n) is 2.87. The number of nitrogens with zero attached hydrogens (tertiary/aromatic N) is 3. The number of likely N-dealkylation sites (N-methyl/N-ethyl adjacent to an activating group) is 1. The molecule has 20 heavy (non-hydrogen) atoms. The van der Waals surface area contributed by atoms with Crippen molar-refractivity contribution in [2.24, 2.45) is 0 Å². The van der Waals surface area contributed by atoms with E-state index in [2.05, 4.69) is 49.5 Å². The minimum Gasteiger partial charge on any atom is -0.299 e. The van der Waals surface area contributed by atoms with E-state index in [1.165, 1.54) is 11.3 Å². The van der Waals surface area contributed by atoms with Crippen molar-refractivity contribution in [3.63, 3.8) is 0 Å². The van der Waals surface area contributed by atoms with Crippen LogP contribution in [0.15, 0.2) is 0 Å². The molecule has 1 atom stereocenters. The van der Waals surface area contributed by atoms with Crippen LogP contribution in [0, 0.1) is 0 Å². The third-order valence-corrected chi connectivity index (χ3v) is 4.95. The topological polar surface area (TPSA) is 58.1 Å². The second kappa shape index (κ2) is 7.38. The van der Waals surface area contributed by atoms with Gasteiger partial charge in [0.15, 0.2) is 0 Å². The van der Waals surface area contributed by atoms with E-state index >= 15 is 0 Å². The minimum absolute atomic E-state index is 0.0374. The molecule has 1 N–H and O–H groups in total.